The van der Waals surface area contributed by atoms with E-state index in [0.717, 1.165) is 12.8 Å². The highest BCUT2D eigenvalue weighted by Gasteiger charge is 1.85. The Bertz CT molecular complexity index is 99.7. The summed E-state index contributed by atoms with van der Waals surface area (Å²) in [7, 11) is 0. The van der Waals surface area contributed by atoms with Crippen molar-refractivity contribution in [2.45, 2.75) is 25.7 Å². The zero-order chi connectivity index (χ0) is 6.36. The van der Waals surface area contributed by atoms with Crippen LogP contribution in [0.1, 0.15) is 25.7 Å². The quantitative estimate of drug-likeness (QED) is 0.482. The van der Waals surface area contributed by atoms with Crippen LogP contribution in [0.5, 0.6) is 0 Å². The highest BCUT2D eigenvalue weighted by atomic mass is 16.5. The van der Waals surface area contributed by atoms with Crippen LogP contribution in [-0.4, -0.2) is 0 Å². The maximum Gasteiger partial charge on any atom is 0.0861 e. The van der Waals surface area contributed by atoms with E-state index in [-0.39, 0.29) is 0 Å². The molecule has 1 aliphatic heterocycles. The van der Waals surface area contributed by atoms with Crippen molar-refractivity contribution in [3.63, 3.8) is 0 Å². The first-order chi connectivity index (χ1) is 4.50. The van der Waals surface area contributed by atoms with Crippen molar-refractivity contribution in [2.75, 3.05) is 0 Å². The number of hydrogen-bond donors (Lipinski definition) is 0. The highest BCUT2D eigenvalue weighted by Crippen LogP contribution is 2.03. The summed E-state index contributed by atoms with van der Waals surface area (Å²) in [5.41, 5.74) is 0. The van der Waals surface area contributed by atoms with Crippen molar-refractivity contribution in [2.24, 2.45) is 0 Å². The van der Waals surface area contributed by atoms with Gasteiger partial charge in [0.1, 0.15) is 0 Å². The minimum atomic E-state index is 1.15. The van der Waals surface area contributed by atoms with E-state index >= 15 is 0 Å². The van der Waals surface area contributed by atoms with Crippen molar-refractivity contribution in [1.82, 2.24) is 0 Å². The molecule has 1 rings (SSSR count). The highest BCUT2D eigenvalue weighted by molar-refractivity contribution is 4.82. The summed E-state index contributed by atoms with van der Waals surface area (Å²) >= 11 is 0. The predicted octanol–water partition coefficient (Wildman–Crippen LogP) is 2.60. The first kappa shape index (κ1) is 6.40. The molecule has 50 valence electrons. The lowest BCUT2D eigenvalue weighted by atomic mass is 10.2. The van der Waals surface area contributed by atoms with Gasteiger partial charge in [-0.05, 0) is 37.8 Å². The lowest BCUT2D eigenvalue weighted by Gasteiger charge is -1.88. The number of ether oxygens (including phenoxy) is 1. The SMILES string of the molecule is C1=C\O/C=C\CCCC/1. The van der Waals surface area contributed by atoms with E-state index in [1.54, 1.807) is 12.5 Å². The molecule has 0 aliphatic carbocycles. The van der Waals surface area contributed by atoms with Crippen LogP contribution in [0.15, 0.2) is 24.7 Å². The summed E-state index contributed by atoms with van der Waals surface area (Å²) in [5, 5.41) is 0. The van der Waals surface area contributed by atoms with Crippen molar-refractivity contribution in [1.29, 1.82) is 0 Å². The van der Waals surface area contributed by atoms with E-state index in [9.17, 15) is 0 Å². The summed E-state index contributed by atoms with van der Waals surface area (Å²) in [6, 6.07) is 0. The van der Waals surface area contributed by atoms with Gasteiger partial charge >= 0.3 is 0 Å². The molecule has 0 aromatic heterocycles. The molecule has 0 radical (unpaired) electrons. The standard InChI is InChI=1S/C8H12O/c1-2-4-6-8-9-7-5-3-1/h5-8H,1-4H2/b7-5-,8-6-. The molecule has 0 amide bonds. The third kappa shape index (κ3) is 2.96. The maximum absolute atomic E-state index is 4.99. The fourth-order valence-corrected chi connectivity index (χ4v) is 0.817. The second kappa shape index (κ2) is 4.19. The van der Waals surface area contributed by atoms with E-state index in [1.807, 2.05) is 0 Å². The van der Waals surface area contributed by atoms with Crippen molar-refractivity contribution in [3.05, 3.63) is 24.7 Å². The molecule has 0 saturated carbocycles. The van der Waals surface area contributed by atoms with Gasteiger partial charge < -0.3 is 4.74 Å². The molecule has 0 aromatic rings. The van der Waals surface area contributed by atoms with Crippen LogP contribution in [0.3, 0.4) is 0 Å². The van der Waals surface area contributed by atoms with Gasteiger partial charge in [0.05, 0.1) is 12.5 Å². The number of allylic oxidation sites excluding steroid dienone is 2. The summed E-state index contributed by atoms with van der Waals surface area (Å²) in [6.45, 7) is 0. The molecule has 0 atom stereocenters. The minimum absolute atomic E-state index is 1.15. The van der Waals surface area contributed by atoms with Crippen LogP contribution in [0.4, 0.5) is 0 Å². The molecule has 0 spiro atoms. The molecule has 0 aromatic carbocycles. The molecule has 0 saturated heterocycles. The predicted molar refractivity (Wildman–Crippen MR) is 37.8 cm³/mol. The molecule has 1 aliphatic rings. The topological polar surface area (TPSA) is 9.23 Å². The summed E-state index contributed by atoms with van der Waals surface area (Å²) in [6.07, 6.45) is 12.5. The smallest absolute Gasteiger partial charge is 0.0861 e. The number of hydrogen-bond acceptors (Lipinski definition) is 1. The Kier molecular flexibility index (Phi) is 2.98. The fourth-order valence-electron chi connectivity index (χ4n) is 0.817. The number of rotatable bonds is 0. The van der Waals surface area contributed by atoms with Crippen LogP contribution in [0.25, 0.3) is 0 Å². The molecular weight excluding hydrogens is 112 g/mol. The van der Waals surface area contributed by atoms with E-state index in [4.69, 9.17) is 4.74 Å². The molecule has 0 unspecified atom stereocenters. The van der Waals surface area contributed by atoms with Gasteiger partial charge in [0.25, 0.3) is 0 Å². The lowest BCUT2D eigenvalue weighted by Crippen LogP contribution is -1.69. The largest absolute Gasteiger partial charge is 0.473 e. The zero-order valence-electron chi connectivity index (χ0n) is 5.55. The first-order valence-corrected chi connectivity index (χ1v) is 3.45. The van der Waals surface area contributed by atoms with Crippen LogP contribution < -0.4 is 0 Å². The molecule has 1 heterocycles. The molecule has 0 N–H and O–H groups in total. The van der Waals surface area contributed by atoms with Gasteiger partial charge in [-0.15, -0.1) is 0 Å². The van der Waals surface area contributed by atoms with E-state index in [2.05, 4.69) is 12.2 Å². The lowest BCUT2D eigenvalue weighted by molar-refractivity contribution is 0.400. The Hall–Kier alpha value is -0.720. The molecular formula is C8H12O. The van der Waals surface area contributed by atoms with Crippen LogP contribution in [-0.2, 0) is 4.74 Å². The van der Waals surface area contributed by atoms with E-state index in [0.29, 0.717) is 0 Å². The van der Waals surface area contributed by atoms with Gasteiger partial charge in [0, 0.05) is 0 Å². The Morgan fingerprint density at radius 2 is 1.44 bits per heavy atom. The van der Waals surface area contributed by atoms with E-state index in [1.165, 1.54) is 12.8 Å². The Labute approximate surface area is 56.0 Å². The van der Waals surface area contributed by atoms with Crippen LogP contribution >= 0.6 is 0 Å². The monoisotopic (exact) mass is 124 g/mol. The second-order valence-electron chi connectivity index (χ2n) is 2.16. The Morgan fingerprint density at radius 1 is 0.889 bits per heavy atom. The molecule has 1 heteroatoms. The average molecular weight is 124 g/mol. The van der Waals surface area contributed by atoms with Gasteiger partial charge in [0.15, 0.2) is 0 Å². The van der Waals surface area contributed by atoms with Gasteiger partial charge in [-0.1, -0.05) is 0 Å². The van der Waals surface area contributed by atoms with E-state index < -0.39 is 0 Å². The zero-order valence-corrected chi connectivity index (χ0v) is 5.55. The van der Waals surface area contributed by atoms with Crippen molar-refractivity contribution in [3.8, 4) is 0 Å². The van der Waals surface area contributed by atoms with Gasteiger partial charge in [-0.2, -0.15) is 0 Å². The summed E-state index contributed by atoms with van der Waals surface area (Å²) < 4.78 is 4.99. The third-order valence-electron chi connectivity index (χ3n) is 1.34. The maximum atomic E-state index is 4.99. The second-order valence-corrected chi connectivity index (χ2v) is 2.16. The third-order valence-corrected chi connectivity index (χ3v) is 1.34. The Morgan fingerprint density at radius 3 is 2.00 bits per heavy atom. The average Bonchev–Trinajstić information content (AvgIpc) is 2.00. The van der Waals surface area contributed by atoms with Gasteiger partial charge in [0.2, 0.25) is 0 Å². The fraction of sp³-hybridized carbons (Fsp3) is 0.500. The van der Waals surface area contributed by atoms with Crippen LogP contribution in [0.2, 0.25) is 0 Å². The minimum Gasteiger partial charge on any atom is -0.473 e. The molecule has 0 fully saturated rings. The first-order valence-electron chi connectivity index (χ1n) is 3.45. The van der Waals surface area contributed by atoms with Crippen molar-refractivity contribution >= 4 is 0 Å². The molecule has 9 heavy (non-hydrogen) atoms. The summed E-state index contributed by atoms with van der Waals surface area (Å²) in [5.74, 6) is 0. The molecule has 0 bridgehead atoms. The van der Waals surface area contributed by atoms with Gasteiger partial charge in [-0.25, -0.2) is 0 Å². The van der Waals surface area contributed by atoms with Crippen LogP contribution in [0, 0.1) is 0 Å². The Balaban J connectivity index is 2.28. The van der Waals surface area contributed by atoms with Crippen molar-refractivity contribution < 1.29 is 4.74 Å². The summed E-state index contributed by atoms with van der Waals surface area (Å²) in [4.78, 5) is 0. The normalized spacial score (nSPS) is 26.7. The van der Waals surface area contributed by atoms with Gasteiger partial charge in [-0.3, -0.25) is 0 Å². The molecule has 1 nitrogen and oxygen atoms in total.